The summed E-state index contributed by atoms with van der Waals surface area (Å²) < 4.78 is 0. The smallest absolute Gasteiger partial charge is 0.275 e. The Hall–Kier alpha value is -2.60. The van der Waals surface area contributed by atoms with Gasteiger partial charge in [0.05, 0.1) is 15.6 Å². The zero-order valence-electron chi connectivity index (χ0n) is 13.4. The topological polar surface area (TPSA) is 67.0 Å². The van der Waals surface area contributed by atoms with Gasteiger partial charge in [0.25, 0.3) is 5.91 Å². The van der Waals surface area contributed by atoms with Crippen molar-refractivity contribution in [1.82, 2.24) is 15.4 Å². The van der Waals surface area contributed by atoms with E-state index in [1.165, 1.54) is 12.4 Å². The molecular weight excluding hydrogens is 373 g/mol. The number of carbonyl (C=O) groups is 1. The predicted octanol–water partition coefficient (Wildman–Crippen LogP) is 4.88. The fraction of sp³-hybridized carbons (Fsp3) is 0.0526. The number of halogens is 2. The number of rotatable bonds is 4. The second kappa shape index (κ2) is 6.96. The molecule has 0 saturated heterocycles. The molecule has 0 unspecified atom stereocenters. The standard InChI is InChI=1S/C19H13Cl2N3O2/c20-14-8-22-9-15(21)13(14)10-26-24-19(25)12-5-3-7-17-18(12)11-4-1-2-6-16(11)23-17/h1-9,23H,10H2,(H,24,25). The van der Waals surface area contributed by atoms with E-state index < -0.39 is 0 Å². The number of aromatic nitrogens is 2. The highest BCUT2D eigenvalue weighted by atomic mass is 35.5. The Morgan fingerprint density at radius 2 is 1.77 bits per heavy atom. The van der Waals surface area contributed by atoms with Gasteiger partial charge in [-0.3, -0.25) is 14.6 Å². The summed E-state index contributed by atoms with van der Waals surface area (Å²) in [6, 6.07) is 13.3. The molecule has 130 valence electrons. The molecule has 0 spiro atoms. The number of nitrogens with zero attached hydrogens (tertiary/aromatic N) is 1. The van der Waals surface area contributed by atoms with E-state index in [2.05, 4.69) is 15.4 Å². The van der Waals surface area contributed by atoms with Crippen molar-refractivity contribution in [3.05, 3.63) is 76.0 Å². The first kappa shape index (κ1) is 16.8. The maximum absolute atomic E-state index is 12.6. The fourth-order valence-corrected chi connectivity index (χ4v) is 3.37. The molecule has 2 aromatic heterocycles. The van der Waals surface area contributed by atoms with Crippen LogP contribution in [-0.4, -0.2) is 15.9 Å². The first-order chi connectivity index (χ1) is 12.6. The third-order valence-electron chi connectivity index (χ3n) is 4.11. The highest BCUT2D eigenvalue weighted by Crippen LogP contribution is 2.28. The lowest BCUT2D eigenvalue weighted by Crippen LogP contribution is -2.23. The van der Waals surface area contributed by atoms with Crippen LogP contribution in [0.2, 0.25) is 10.0 Å². The van der Waals surface area contributed by atoms with Crippen LogP contribution in [0.3, 0.4) is 0 Å². The van der Waals surface area contributed by atoms with Gasteiger partial charge in [0.2, 0.25) is 0 Å². The summed E-state index contributed by atoms with van der Waals surface area (Å²) in [5, 5.41) is 2.59. The molecular formula is C19H13Cl2N3O2. The van der Waals surface area contributed by atoms with Crippen LogP contribution >= 0.6 is 23.2 Å². The third-order valence-corrected chi connectivity index (χ3v) is 4.76. The molecule has 0 fully saturated rings. The lowest BCUT2D eigenvalue weighted by Gasteiger charge is -2.09. The molecule has 1 amide bonds. The molecule has 2 aromatic carbocycles. The minimum Gasteiger partial charge on any atom is -0.354 e. The number of para-hydroxylation sites is 1. The Bertz CT molecular complexity index is 1100. The number of benzene rings is 2. The minimum atomic E-state index is -0.346. The van der Waals surface area contributed by atoms with E-state index in [-0.39, 0.29) is 12.5 Å². The lowest BCUT2D eigenvalue weighted by molar-refractivity contribution is 0.0235. The van der Waals surface area contributed by atoms with Crippen molar-refractivity contribution in [2.75, 3.05) is 0 Å². The Morgan fingerprint density at radius 3 is 2.58 bits per heavy atom. The van der Waals surface area contributed by atoms with Gasteiger partial charge in [0.15, 0.2) is 0 Å². The zero-order valence-corrected chi connectivity index (χ0v) is 14.9. The van der Waals surface area contributed by atoms with Crippen molar-refractivity contribution >= 4 is 50.9 Å². The first-order valence-corrected chi connectivity index (χ1v) is 8.60. The Labute approximate surface area is 158 Å². The average molecular weight is 386 g/mol. The van der Waals surface area contributed by atoms with Gasteiger partial charge >= 0.3 is 0 Å². The van der Waals surface area contributed by atoms with Gasteiger partial charge in [-0.05, 0) is 18.2 Å². The maximum Gasteiger partial charge on any atom is 0.275 e. The van der Waals surface area contributed by atoms with Crippen molar-refractivity contribution < 1.29 is 9.63 Å². The molecule has 26 heavy (non-hydrogen) atoms. The molecule has 2 heterocycles. The number of H-pyrrole nitrogens is 1. The van der Waals surface area contributed by atoms with E-state index in [4.69, 9.17) is 28.0 Å². The second-order valence-electron chi connectivity index (χ2n) is 5.70. The number of nitrogens with one attached hydrogen (secondary N) is 2. The van der Waals surface area contributed by atoms with Crippen LogP contribution in [0.25, 0.3) is 21.8 Å². The van der Waals surface area contributed by atoms with Crippen LogP contribution in [0.1, 0.15) is 15.9 Å². The largest absolute Gasteiger partial charge is 0.354 e. The van der Waals surface area contributed by atoms with E-state index >= 15 is 0 Å². The van der Waals surface area contributed by atoms with E-state index in [0.29, 0.717) is 21.2 Å². The van der Waals surface area contributed by atoms with Crippen molar-refractivity contribution in [3.8, 4) is 0 Å². The van der Waals surface area contributed by atoms with E-state index in [0.717, 1.165) is 21.8 Å². The molecule has 0 bridgehead atoms. The minimum absolute atomic E-state index is 0.0375. The van der Waals surface area contributed by atoms with Gasteiger partial charge in [0, 0.05) is 39.8 Å². The summed E-state index contributed by atoms with van der Waals surface area (Å²) in [5.41, 5.74) is 5.40. The van der Waals surface area contributed by atoms with Gasteiger partial charge < -0.3 is 4.98 Å². The van der Waals surface area contributed by atoms with Gasteiger partial charge in [-0.1, -0.05) is 47.5 Å². The molecule has 4 aromatic rings. The summed E-state index contributed by atoms with van der Waals surface area (Å²) in [4.78, 5) is 25.2. The number of carbonyl (C=O) groups excluding carboxylic acids is 1. The van der Waals surface area contributed by atoms with Gasteiger partial charge in [-0.25, -0.2) is 5.48 Å². The molecule has 0 saturated carbocycles. The number of amides is 1. The maximum atomic E-state index is 12.6. The number of hydroxylamine groups is 1. The van der Waals surface area contributed by atoms with Crippen LogP contribution < -0.4 is 5.48 Å². The normalized spacial score (nSPS) is 11.2. The number of pyridine rings is 1. The summed E-state index contributed by atoms with van der Waals surface area (Å²) in [7, 11) is 0. The van der Waals surface area contributed by atoms with Gasteiger partial charge in [0.1, 0.15) is 6.61 Å². The highest BCUT2D eigenvalue weighted by Gasteiger charge is 2.15. The Morgan fingerprint density at radius 1 is 1.04 bits per heavy atom. The number of hydrogen-bond acceptors (Lipinski definition) is 3. The van der Waals surface area contributed by atoms with Gasteiger partial charge in [-0.2, -0.15) is 0 Å². The molecule has 0 radical (unpaired) electrons. The summed E-state index contributed by atoms with van der Waals surface area (Å²) in [5.74, 6) is -0.346. The molecule has 2 N–H and O–H groups in total. The van der Waals surface area contributed by atoms with Crippen LogP contribution in [0.4, 0.5) is 0 Å². The molecule has 7 heteroatoms. The number of fused-ring (bicyclic) bond motifs is 3. The molecule has 0 atom stereocenters. The van der Waals surface area contributed by atoms with Crippen molar-refractivity contribution in [3.63, 3.8) is 0 Å². The second-order valence-corrected chi connectivity index (χ2v) is 6.51. The van der Waals surface area contributed by atoms with E-state index in [1.54, 1.807) is 6.07 Å². The SMILES string of the molecule is O=C(NOCc1c(Cl)cncc1Cl)c1cccc2[nH]c3ccccc3c12. The lowest BCUT2D eigenvalue weighted by atomic mass is 10.1. The summed E-state index contributed by atoms with van der Waals surface area (Å²) >= 11 is 12.1. The van der Waals surface area contributed by atoms with Crippen LogP contribution in [0, 0.1) is 0 Å². The Kier molecular flexibility index (Phi) is 4.51. The van der Waals surface area contributed by atoms with Crippen LogP contribution in [-0.2, 0) is 11.4 Å². The Balaban J connectivity index is 1.59. The third kappa shape index (κ3) is 3.01. The van der Waals surface area contributed by atoms with Crippen molar-refractivity contribution in [2.24, 2.45) is 0 Å². The number of aromatic amines is 1. The first-order valence-electron chi connectivity index (χ1n) is 7.84. The molecule has 0 aliphatic carbocycles. The molecule has 0 aliphatic rings. The summed E-state index contributed by atoms with van der Waals surface area (Å²) in [6.45, 7) is 0.0375. The molecule has 0 aliphatic heterocycles. The molecule has 5 nitrogen and oxygen atoms in total. The monoisotopic (exact) mass is 385 g/mol. The molecule has 4 rings (SSSR count). The van der Waals surface area contributed by atoms with Crippen molar-refractivity contribution in [2.45, 2.75) is 6.61 Å². The fourth-order valence-electron chi connectivity index (χ4n) is 2.90. The predicted molar refractivity (Wildman–Crippen MR) is 102 cm³/mol. The quantitative estimate of drug-likeness (QED) is 0.491. The average Bonchev–Trinajstić information content (AvgIpc) is 3.02. The zero-order chi connectivity index (χ0) is 18.1. The highest BCUT2D eigenvalue weighted by molar-refractivity contribution is 6.35. The van der Waals surface area contributed by atoms with Crippen LogP contribution in [0.15, 0.2) is 54.9 Å². The van der Waals surface area contributed by atoms with E-state index in [9.17, 15) is 4.79 Å². The van der Waals surface area contributed by atoms with Gasteiger partial charge in [-0.15, -0.1) is 0 Å². The number of hydrogen-bond donors (Lipinski definition) is 2. The van der Waals surface area contributed by atoms with Crippen LogP contribution in [0.5, 0.6) is 0 Å². The van der Waals surface area contributed by atoms with Crippen molar-refractivity contribution in [1.29, 1.82) is 0 Å². The summed E-state index contributed by atoms with van der Waals surface area (Å²) in [6.07, 6.45) is 2.95. The van der Waals surface area contributed by atoms with E-state index in [1.807, 2.05) is 36.4 Å².